The lowest BCUT2D eigenvalue weighted by Gasteiger charge is -2.33. The summed E-state index contributed by atoms with van der Waals surface area (Å²) in [5.74, 6) is 2.09. The second kappa shape index (κ2) is 14.8. The minimum absolute atomic E-state index is 0.0227. The maximum absolute atomic E-state index is 14.1. The molecule has 0 N–H and O–H groups in total. The van der Waals surface area contributed by atoms with Crippen molar-refractivity contribution in [1.29, 1.82) is 0 Å². The number of rotatable bonds is 14. The van der Waals surface area contributed by atoms with Crippen LogP contribution in [0.2, 0.25) is 0 Å². The van der Waals surface area contributed by atoms with Crippen molar-refractivity contribution in [2.24, 2.45) is 7.05 Å². The molecular weight excluding hydrogens is 622 g/mol. The van der Waals surface area contributed by atoms with Gasteiger partial charge in [0.25, 0.3) is 5.91 Å². The predicted molar refractivity (Wildman–Crippen MR) is 177 cm³/mol. The summed E-state index contributed by atoms with van der Waals surface area (Å²) in [6.07, 6.45) is 4.16. The van der Waals surface area contributed by atoms with Crippen LogP contribution in [0.1, 0.15) is 64.5 Å². The maximum atomic E-state index is 14.1. The molecule has 13 heteroatoms. The molecule has 47 heavy (non-hydrogen) atoms. The van der Waals surface area contributed by atoms with Gasteiger partial charge in [-0.1, -0.05) is 18.2 Å². The Bertz CT molecular complexity index is 1690. The molecule has 1 aliphatic carbocycles. The highest BCUT2D eigenvalue weighted by atomic mass is 32.2. The van der Waals surface area contributed by atoms with E-state index in [4.69, 9.17) is 14.2 Å². The van der Waals surface area contributed by atoms with Gasteiger partial charge in [-0.25, -0.2) is 8.42 Å². The standard InChI is InChI=1S/C34H45N5O7S/c1-24-20-28(44-3)14-13-26(24)22-38(34(41)30-21-29(25-11-12-25)35-36(30)2)23-27-8-6-9-31(33(27)45-4)46-19-7-10-32(40)37-15-17-39(18-16-37)47(5,42)43/h6,8-9,13-14,20-21,25H,7,10-12,15-19,22-23H2,1-5H3. The van der Waals surface area contributed by atoms with Gasteiger partial charge < -0.3 is 24.0 Å². The molecule has 0 atom stereocenters. The van der Waals surface area contributed by atoms with Crippen molar-refractivity contribution in [1.82, 2.24) is 23.9 Å². The predicted octanol–water partition coefficient (Wildman–Crippen LogP) is 3.73. The summed E-state index contributed by atoms with van der Waals surface area (Å²) in [4.78, 5) is 30.4. The topological polar surface area (TPSA) is 124 Å². The summed E-state index contributed by atoms with van der Waals surface area (Å²) < 4.78 is 43.9. The van der Waals surface area contributed by atoms with Crippen LogP contribution in [0.3, 0.4) is 0 Å². The van der Waals surface area contributed by atoms with E-state index in [1.807, 2.05) is 56.4 Å². The number of methoxy groups -OCH3 is 2. The van der Waals surface area contributed by atoms with Crippen molar-refractivity contribution < 1.29 is 32.2 Å². The van der Waals surface area contributed by atoms with Gasteiger partial charge in [-0.05, 0) is 61.6 Å². The van der Waals surface area contributed by atoms with Gasteiger partial charge in [0.2, 0.25) is 15.9 Å². The van der Waals surface area contributed by atoms with E-state index in [9.17, 15) is 18.0 Å². The molecule has 2 fully saturated rings. The number of aromatic nitrogens is 2. The molecule has 5 rings (SSSR count). The first kappa shape index (κ1) is 34.2. The van der Waals surface area contributed by atoms with E-state index in [0.29, 0.717) is 68.9 Å². The first-order chi connectivity index (χ1) is 22.5. The minimum atomic E-state index is -3.25. The Morgan fingerprint density at radius 2 is 1.70 bits per heavy atom. The number of piperazine rings is 1. The summed E-state index contributed by atoms with van der Waals surface area (Å²) >= 11 is 0. The highest BCUT2D eigenvalue weighted by Crippen LogP contribution is 2.39. The van der Waals surface area contributed by atoms with E-state index >= 15 is 0 Å². The van der Waals surface area contributed by atoms with Crippen molar-refractivity contribution in [3.63, 3.8) is 0 Å². The molecule has 0 spiro atoms. The fourth-order valence-corrected chi connectivity index (χ4v) is 6.70. The molecule has 2 aliphatic rings. The molecule has 2 amide bonds. The molecule has 2 heterocycles. The molecule has 254 valence electrons. The average Bonchev–Trinajstić information content (AvgIpc) is 3.83. The molecule has 0 unspecified atom stereocenters. The van der Waals surface area contributed by atoms with E-state index in [-0.39, 0.29) is 24.8 Å². The smallest absolute Gasteiger partial charge is 0.272 e. The third kappa shape index (κ3) is 8.44. The zero-order valence-corrected chi connectivity index (χ0v) is 28.7. The monoisotopic (exact) mass is 667 g/mol. The van der Waals surface area contributed by atoms with Crippen molar-refractivity contribution in [3.05, 3.63) is 70.5 Å². The molecule has 1 aromatic heterocycles. The Hall–Kier alpha value is -4.10. The van der Waals surface area contributed by atoms with Gasteiger partial charge in [-0.3, -0.25) is 14.3 Å². The van der Waals surface area contributed by atoms with Gasteiger partial charge in [0.15, 0.2) is 11.5 Å². The van der Waals surface area contributed by atoms with Crippen LogP contribution in [-0.4, -0.2) is 97.4 Å². The molecule has 0 bridgehead atoms. The van der Waals surface area contributed by atoms with Crippen molar-refractivity contribution in [2.45, 2.75) is 51.6 Å². The van der Waals surface area contributed by atoms with Gasteiger partial charge in [0.05, 0.1) is 39.3 Å². The number of carbonyl (C=O) groups is 2. The van der Waals surface area contributed by atoms with Gasteiger partial charge in [0, 0.05) is 57.7 Å². The fourth-order valence-electron chi connectivity index (χ4n) is 5.88. The third-order valence-electron chi connectivity index (χ3n) is 8.79. The number of benzene rings is 2. The zero-order chi connectivity index (χ0) is 33.7. The fraction of sp³-hybridized carbons (Fsp3) is 0.500. The average molecular weight is 668 g/mol. The summed E-state index contributed by atoms with van der Waals surface area (Å²) in [6.45, 7) is 4.33. The number of hydrogen-bond acceptors (Lipinski definition) is 8. The molecule has 2 aromatic carbocycles. The van der Waals surface area contributed by atoms with E-state index in [1.54, 1.807) is 28.7 Å². The Morgan fingerprint density at radius 1 is 0.979 bits per heavy atom. The lowest BCUT2D eigenvalue weighted by Crippen LogP contribution is -2.50. The number of nitrogens with zero attached hydrogens (tertiary/aromatic N) is 5. The van der Waals surface area contributed by atoms with Crippen LogP contribution in [0.15, 0.2) is 42.5 Å². The molecule has 12 nitrogen and oxygen atoms in total. The van der Waals surface area contributed by atoms with Crippen LogP contribution >= 0.6 is 0 Å². The van der Waals surface area contributed by atoms with Gasteiger partial charge in [-0.15, -0.1) is 0 Å². The van der Waals surface area contributed by atoms with E-state index in [1.165, 1.54) is 10.6 Å². The Balaban J connectivity index is 1.27. The van der Waals surface area contributed by atoms with Crippen molar-refractivity contribution >= 4 is 21.8 Å². The number of sulfonamides is 1. The highest BCUT2D eigenvalue weighted by Gasteiger charge is 2.30. The second-order valence-corrected chi connectivity index (χ2v) is 14.2. The Kier molecular flexibility index (Phi) is 10.8. The van der Waals surface area contributed by atoms with Crippen LogP contribution in [0.4, 0.5) is 0 Å². The largest absolute Gasteiger partial charge is 0.497 e. The minimum Gasteiger partial charge on any atom is -0.497 e. The zero-order valence-electron chi connectivity index (χ0n) is 27.9. The SMILES string of the molecule is COc1ccc(CN(Cc2cccc(OCCCC(=O)N3CCN(S(C)(=O)=O)CC3)c2OC)C(=O)c2cc(C3CC3)nn2C)c(C)c1. The van der Waals surface area contributed by atoms with Crippen molar-refractivity contribution in [2.75, 3.05) is 53.3 Å². The van der Waals surface area contributed by atoms with Crippen molar-refractivity contribution in [3.8, 4) is 17.2 Å². The van der Waals surface area contributed by atoms with Gasteiger partial charge in [0.1, 0.15) is 11.4 Å². The van der Waals surface area contributed by atoms with E-state index < -0.39 is 10.0 Å². The van der Waals surface area contributed by atoms with Crippen LogP contribution in [0, 0.1) is 6.92 Å². The first-order valence-corrected chi connectivity index (χ1v) is 17.8. The van der Waals surface area contributed by atoms with Crippen LogP contribution in [0.25, 0.3) is 0 Å². The summed E-state index contributed by atoms with van der Waals surface area (Å²) in [5.41, 5.74) is 4.29. The molecule has 1 aliphatic heterocycles. The summed E-state index contributed by atoms with van der Waals surface area (Å²) in [6, 6.07) is 13.4. The third-order valence-corrected chi connectivity index (χ3v) is 10.1. The van der Waals surface area contributed by atoms with Crippen LogP contribution in [0.5, 0.6) is 17.2 Å². The first-order valence-electron chi connectivity index (χ1n) is 16.0. The number of para-hydroxylation sites is 1. The molecule has 0 radical (unpaired) electrons. The number of aryl methyl sites for hydroxylation is 2. The number of carbonyl (C=O) groups excluding carboxylic acids is 2. The second-order valence-electron chi connectivity index (χ2n) is 12.2. The van der Waals surface area contributed by atoms with E-state index in [2.05, 4.69) is 5.10 Å². The normalized spacial score (nSPS) is 15.4. The maximum Gasteiger partial charge on any atom is 0.272 e. The van der Waals surface area contributed by atoms with Crippen LogP contribution in [-0.2, 0) is 35.0 Å². The summed E-state index contributed by atoms with van der Waals surface area (Å²) in [7, 11) is 1.77. The lowest BCUT2D eigenvalue weighted by molar-refractivity contribution is -0.132. The highest BCUT2D eigenvalue weighted by molar-refractivity contribution is 7.88. The number of hydrogen-bond donors (Lipinski definition) is 0. The lowest BCUT2D eigenvalue weighted by atomic mass is 10.1. The van der Waals surface area contributed by atoms with Crippen LogP contribution < -0.4 is 14.2 Å². The number of amides is 2. The van der Waals surface area contributed by atoms with Gasteiger partial charge in [-0.2, -0.15) is 9.40 Å². The molecule has 1 saturated carbocycles. The summed E-state index contributed by atoms with van der Waals surface area (Å²) in [5, 5.41) is 4.63. The Morgan fingerprint density at radius 3 is 2.34 bits per heavy atom. The number of ether oxygens (including phenoxy) is 3. The molecule has 1 saturated heterocycles. The Labute approximate surface area is 277 Å². The van der Waals surface area contributed by atoms with Gasteiger partial charge >= 0.3 is 0 Å². The quantitative estimate of drug-likeness (QED) is 0.239. The molecular formula is C34H45N5O7S. The van der Waals surface area contributed by atoms with E-state index in [0.717, 1.165) is 41.0 Å². The molecule has 3 aromatic rings.